The number of methoxy groups -OCH3 is 2. The van der Waals surface area contributed by atoms with Gasteiger partial charge < -0.3 is 14.4 Å². The van der Waals surface area contributed by atoms with E-state index in [0.717, 1.165) is 0 Å². The smallest absolute Gasteiger partial charge is 0.257 e. The molecule has 0 aliphatic carbocycles. The molecule has 0 aromatic heterocycles. The minimum absolute atomic E-state index is 0.144. The second kappa shape index (κ2) is 3.68. The molecule has 0 aromatic carbocycles. The molecule has 0 aliphatic rings. The van der Waals surface area contributed by atoms with Gasteiger partial charge in [0.2, 0.25) is 5.53 Å². The van der Waals surface area contributed by atoms with Crippen LogP contribution in [0.2, 0.25) is 0 Å². The molecule has 0 fully saturated rings. The van der Waals surface area contributed by atoms with Crippen LogP contribution in [0.15, 0.2) is 0 Å². The van der Waals surface area contributed by atoms with E-state index in [-0.39, 0.29) is 6.16 Å². The molecule has 11 heavy (non-hydrogen) atoms. The highest BCUT2D eigenvalue weighted by atomic mass is 31.2. The first-order valence-electron chi connectivity index (χ1n) is 3.35. The van der Waals surface area contributed by atoms with Gasteiger partial charge in [-0.3, -0.25) is 4.57 Å². The molecule has 0 bridgehead atoms. The summed E-state index contributed by atoms with van der Waals surface area (Å²) in [6.07, 6.45) is 0.144. The first-order chi connectivity index (χ1) is 4.93. The summed E-state index contributed by atoms with van der Waals surface area (Å²) in [5, 5.41) is 0. The van der Waals surface area contributed by atoms with Gasteiger partial charge in [-0.15, -0.1) is 0 Å². The largest absolute Gasteiger partial charge is 0.346 e. The van der Waals surface area contributed by atoms with E-state index in [2.05, 4.69) is 0 Å². The lowest BCUT2D eigenvalue weighted by Crippen LogP contribution is -2.30. The summed E-state index contributed by atoms with van der Waals surface area (Å²) in [5.74, 6) is 0. The van der Waals surface area contributed by atoms with Crippen molar-refractivity contribution in [3.05, 3.63) is 0 Å². The molecular formula is C6H15O4P. The van der Waals surface area contributed by atoms with Gasteiger partial charge in [-0.2, -0.15) is 0 Å². The van der Waals surface area contributed by atoms with Crippen molar-refractivity contribution in [2.75, 3.05) is 20.4 Å². The molecule has 0 rings (SSSR count). The summed E-state index contributed by atoms with van der Waals surface area (Å²) in [6.45, 7) is 3.08. The SMILES string of the molecule is CCP(=O)(O)C(C)(OC)OC. The maximum Gasteiger partial charge on any atom is 0.257 e. The van der Waals surface area contributed by atoms with E-state index in [1.165, 1.54) is 21.1 Å². The molecule has 0 radical (unpaired) electrons. The van der Waals surface area contributed by atoms with Crippen molar-refractivity contribution < 1.29 is 18.9 Å². The van der Waals surface area contributed by atoms with Crippen LogP contribution in [0.3, 0.4) is 0 Å². The van der Waals surface area contributed by atoms with E-state index in [1.807, 2.05) is 0 Å². The van der Waals surface area contributed by atoms with Crippen LogP contribution >= 0.6 is 7.37 Å². The average Bonchev–Trinajstić information content (AvgIpc) is 2.02. The Bertz CT molecular complexity index is 164. The highest BCUT2D eigenvalue weighted by molar-refractivity contribution is 7.59. The normalized spacial score (nSPS) is 17.9. The summed E-state index contributed by atoms with van der Waals surface area (Å²) >= 11 is 0. The van der Waals surface area contributed by atoms with E-state index in [4.69, 9.17) is 9.47 Å². The zero-order valence-corrected chi connectivity index (χ0v) is 8.22. The maximum absolute atomic E-state index is 11.4. The van der Waals surface area contributed by atoms with Gasteiger partial charge in [-0.25, -0.2) is 0 Å². The second-order valence-electron chi connectivity index (χ2n) is 2.32. The van der Waals surface area contributed by atoms with E-state index in [1.54, 1.807) is 6.92 Å². The Labute approximate surface area is 67.0 Å². The first-order valence-corrected chi connectivity index (χ1v) is 5.20. The monoisotopic (exact) mass is 182 g/mol. The molecule has 68 valence electrons. The van der Waals surface area contributed by atoms with Crippen molar-refractivity contribution in [1.82, 2.24) is 0 Å². The third-order valence-corrected chi connectivity index (χ3v) is 4.31. The molecule has 0 aromatic rings. The summed E-state index contributed by atoms with van der Waals surface area (Å²) < 4.78 is 21.0. The summed E-state index contributed by atoms with van der Waals surface area (Å²) in [4.78, 5) is 9.35. The fraction of sp³-hybridized carbons (Fsp3) is 1.00. The van der Waals surface area contributed by atoms with Crippen LogP contribution in [0.4, 0.5) is 0 Å². The molecular weight excluding hydrogens is 167 g/mol. The van der Waals surface area contributed by atoms with Crippen molar-refractivity contribution in [2.45, 2.75) is 19.4 Å². The topological polar surface area (TPSA) is 55.8 Å². The highest BCUT2D eigenvalue weighted by Gasteiger charge is 2.42. The van der Waals surface area contributed by atoms with Crippen LogP contribution in [0.25, 0.3) is 0 Å². The lowest BCUT2D eigenvalue weighted by molar-refractivity contribution is -0.135. The van der Waals surface area contributed by atoms with Gasteiger partial charge in [-0.1, -0.05) is 6.92 Å². The molecule has 4 nitrogen and oxygen atoms in total. The van der Waals surface area contributed by atoms with Gasteiger partial charge in [0.25, 0.3) is 7.37 Å². The predicted molar refractivity (Wildman–Crippen MR) is 42.8 cm³/mol. The standard InChI is InChI=1S/C6H15O4P/c1-5-11(7,8)6(2,9-3)10-4/h5H2,1-4H3,(H,7,8). The van der Waals surface area contributed by atoms with Crippen molar-refractivity contribution in [2.24, 2.45) is 0 Å². The Morgan fingerprint density at radius 1 is 1.45 bits per heavy atom. The molecule has 1 atom stereocenters. The molecule has 0 spiro atoms. The van der Waals surface area contributed by atoms with E-state index < -0.39 is 12.9 Å². The molecule has 0 amide bonds. The lowest BCUT2D eigenvalue weighted by Gasteiger charge is -2.30. The predicted octanol–water partition coefficient (Wildman–Crippen LogP) is 1.24. The summed E-state index contributed by atoms with van der Waals surface area (Å²) in [6, 6.07) is 0. The third-order valence-electron chi connectivity index (χ3n) is 1.82. The lowest BCUT2D eigenvalue weighted by atomic mass is 10.7. The number of hydrogen-bond acceptors (Lipinski definition) is 3. The quantitative estimate of drug-likeness (QED) is 0.525. The molecule has 0 saturated carbocycles. The van der Waals surface area contributed by atoms with E-state index in [9.17, 15) is 9.46 Å². The van der Waals surface area contributed by atoms with Crippen molar-refractivity contribution in [3.8, 4) is 0 Å². The Morgan fingerprint density at radius 3 is 1.91 bits per heavy atom. The van der Waals surface area contributed by atoms with Crippen LogP contribution in [-0.4, -0.2) is 30.8 Å². The van der Waals surface area contributed by atoms with Gasteiger partial charge >= 0.3 is 0 Å². The zero-order chi connectivity index (χ0) is 9.12. The van der Waals surface area contributed by atoms with Gasteiger partial charge in [0, 0.05) is 20.4 Å². The van der Waals surface area contributed by atoms with Crippen molar-refractivity contribution in [3.63, 3.8) is 0 Å². The van der Waals surface area contributed by atoms with Crippen LogP contribution in [-0.2, 0) is 14.0 Å². The van der Waals surface area contributed by atoms with Crippen molar-refractivity contribution in [1.29, 1.82) is 0 Å². The molecule has 0 saturated heterocycles. The first kappa shape index (κ1) is 11.1. The Morgan fingerprint density at radius 2 is 1.82 bits per heavy atom. The zero-order valence-electron chi connectivity index (χ0n) is 7.33. The van der Waals surface area contributed by atoms with Gasteiger partial charge in [0.15, 0.2) is 0 Å². The summed E-state index contributed by atoms with van der Waals surface area (Å²) in [7, 11) is -0.641. The molecule has 0 aliphatic heterocycles. The average molecular weight is 182 g/mol. The number of hydrogen-bond donors (Lipinski definition) is 1. The van der Waals surface area contributed by atoms with Crippen LogP contribution < -0.4 is 0 Å². The fourth-order valence-corrected chi connectivity index (χ4v) is 1.80. The Hall–Kier alpha value is 0.110. The van der Waals surface area contributed by atoms with Gasteiger partial charge in [-0.05, 0) is 6.92 Å². The molecule has 0 heterocycles. The maximum atomic E-state index is 11.4. The van der Waals surface area contributed by atoms with Crippen molar-refractivity contribution >= 4 is 7.37 Å². The van der Waals surface area contributed by atoms with Crippen LogP contribution in [0.1, 0.15) is 13.8 Å². The minimum Gasteiger partial charge on any atom is -0.346 e. The Kier molecular flexibility index (Phi) is 3.71. The van der Waals surface area contributed by atoms with E-state index in [0.29, 0.717) is 0 Å². The highest BCUT2D eigenvalue weighted by Crippen LogP contribution is 2.54. The van der Waals surface area contributed by atoms with Gasteiger partial charge in [0.1, 0.15) is 0 Å². The van der Waals surface area contributed by atoms with Crippen LogP contribution in [0.5, 0.6) is 0 Å². The van der Waals surface area contributed by atoms with E-state index >= 15 is 0 Å². The van der Waals surface area contributed by atoms with Gasteiger partial charge in [0.05, 0.1) is 0 Å². The second-order valence-corrected chi connectivity index (χ2v) is 5.17. The van der Waals surface area contributed by atoms with Crippen LogP contribution in [0, 0.1) is 0 Å². The molecule has 1 N–H and O–H groups in total. The third kappa shape index (κ3) is 2.03. The minimum atomic E-state index is -3.34. The summed E-state index contributed by atoms with van der Waals surface area (Å²) in [5.41, 5.74) is -1.36. The Balaban J connectivity index is 4.62. The molecule has 5 heteroatoms. The number of rotatable bonds is 4. The molecule has 1 unspecified atom stereocenters. The fourth-order valence-electron chi connectivity index (χ4n) is 0.656. The number of ether oxygens (including phenoxy) is 2.